The van der Waals surface area contributed by atoms with Crippen LogP contribution in [0, 0.1) is 5.82 Å². The molecule has 0 radical (unpaired) electrons. The summed E-state index contributed by atoms with van der Waals surface area (Å²) in [5.74, 6) is -0.171. The van der Waals surface area contributed by atoms with Gasteiger partial charge in [0.15, 0.2) is 0 Å². The van der Waals surface area contributed by atoms with E-state index in [0.29, 0.717) is 0 Å². The van der Waals surface area contributed by atoms with Crippen LogP contribution >= 0.6 is 0 Å². The molecular formula is C8H12FN. The Hall–Kier alpha value is -0.790. The van der Waals surface area contributed by atoms with Crippen molar-refractivity contribution < 1.29 is 4.39 Å². The fraction of sp³-hybridized carbons (Fsp3) is 0.500. The highest BCUT2D eigenvalue weighted by molar-refractivity contribution is 4.98. The summed E-state index contributed by atoms with van der Waals surface area (Å²) in [6.45, 7) is 6.10. The maximum absolute atomic E-state index is 12.4. The summed E-state index contributed by atoms with van der Waals surface area (Å²) in [4.78, 5) is 0. The Bertz CT molecular complexity index is 219. The molecule has 1 aromatic heterocycles. The number of rotatable bonds is 0. The minimum absolute atomic E-state index is 0.00958. The highest BCUT2D eigenvalue weighted by Crippen LogP contribution is 2.14. The van der Waals surface area contributed by atoms with Crippen molar-refractivity contribution in [2.75, 3.05) is 0 Å². The third-order valence-electron chi connectivity index (χ3n) is 1.43. The molecule has 0 N–H and O–H groups in total. The van der Waals surface area contributed by atoms with Crippen molar-refractivity contribution in [3.05, 3.63) is 24.3 Å². The molecule has 1 rings (SSSR count). The molecule has 1 heterocycles. The van der Waals surface area contributed by atoms with Gasteiger partial charge in [0.2, 0.25) is 0 Å². The van der Waals surface area contributed by atoms with Gasteiger partial charge >= 0.3 is 0 Å². The Morgan fingerprint density at radius 1 is 1.40 bits per heavy atom. The van der Waals surface area contributed by atoms with Crippen LogP contribution in [0.25, 0.3) is 0 Å². The van der Waals surface area contributed by atoms with E-state index in [1.165, 1.54) is 12.3 Å². The van der Waals surface area contributed by atoms with Crippen molar-refractivity contribution in [3.63, 3.8) is 0 Å². The molecule has 0 fully saturated rings. The summed E-state index contributed by atoms with van der Waals surface area (Å²) in [5, 5.41) is 0. The zero-order chi connectivity index (χ0) is 7.78. The van der Waals surface area contributed by atoms with Crippen molar-refractivity contribution in [1.82, 2.24) is 4.57 Å². The third kappa shape index (κ3) is 1.38. The smallest absolute Gasteiger partial charge is 0.140 e. The predicted octanol–water partition coefficient (Wildman–Crippen LogP) is 2.38. The molecule has 0 aliphatic heterocycles. The Balaban J connectivity index is 2.96. The quantitative estimate of drug-likeness (QED) is 0.522. The molecule has 1 nitrogen and oxygen atoms in total. The van der Waals surface area contributed by atoms with Crippen LogP contribution < -0.4 is 0 Å². The van der Waals surface area contributed by atoms with Crippen molar-refractivity contribution in [1.29, 1.82) is 0 Å². The zero-order valence-electron chi connectivity index (χ0n) is 6.56. The first-order chi connectivity index (χ1) is 4.50. The summed E-state index contributed by atoms with van der Waals surface area (Å²) in [6.07, 6.45) is 3.25. The maximum Gasteiger partial charge on any atom is 0.140 e. The molecule has 0 aromatic carbocycles. The minimum atomic E-state index is -0.171. The van der Waals surface area contributed by atoms with Crippen LogP contribution in [0.5, 0.6) is 0 Å². The van der Waals surface area contributed by atoms with Crippen LogP contribution in [-0.2, 0) is 5.54 Å². The van der Waals surface area contributed by atoms with Crippen LogP contribution in [0.1, 0.15) is 20.8 Å². The number of halogens is 1. The molecule has 0 aliphatic rings. The summed E-state index contributed by atoms with van der Waals surface area (Å²) >= 11 is 0. The van der Waals surface area contributed by atoms with Crippen LogP contribution in [0.15, 0.2) is 18.5 Å². The molecule has 1 aromatic rings. The van der Waals surface area contributed by atoms with Crippen molar-refractivity contribution in [3.8, 4) is 0 Å². The van der Waals surface area contributed by atoms with E-state index in [1.54, 1.807) is 6.20 Å². The molecule has 0 spiro atoms. The first-order valence-corrected chi connectivity index (χ1v) is 3.34. The fourth-order valence-corrected chi connectivity index (χ4v) is 0.788. The van der Waals surface area contributed by atoms with Crippen molar-refractivity contribution in [2.45, 2.75) is 26.3 Å². The van der Waals surface area contributed by atoms with Gasteiger partial charge in [-0.1, -0.05) is 0 Å². The number of aromatic nitrogens is 1. The van der Waals surface area contributed by atoms with Gasteiger partial charge in [0.25, 0.3) is 0 Å². The van der Waals surface area contributed by atoms with Gasteiger partial charge in [0, 0.05) is 17.9 Å². The zero-order valence-corrected chi connectivity index (χ0v) is 6.56. The Kier molecular flexibility index (Phi) is 1.55. The summed E-state index contributed by atoms with van der Waals surface area (Å²) in [7, 11) is 0. The van der Waals surface area contributed by atoms with E-state index in [-0.39, 0.29) is 11.4 Å². The lowest BCUT2D eigenvalue weighted by Gasteiger charge is -2.20. The van der Waals surface area contributed by atoms with Gasteiger partial charge in [-0.2, -0.15) is 0 Å². The van der Waals surface area contributed by atoms with Crippen LogP contribution in [0.2, 0.25) is 0 Å². The average molecular weight is 141 g/mol. The lowest BCUT2D eigenvalue weighted by molar-refractivity contribution is 0.395. The monoisotopic (exact) mass is 141 g/mol. The molecule has 0 saturated heterocycles. The van der Waals surface area contributed by atoms with Crippen LogP contribution in [0.3, 0.4) is 0 Å². The summed E-state index contributed by atoms with van der Waals surface area (Å²) < 4.78 is 14.3. The van der Waals surface area contributed by atoms with Crippen molar-refractivity contribution >= 4 is 0 Å². The summed E-state index contributed by atoms with van der Waals surface area (Å²) in [6, 6.07) is 1.46. The van der Waals surface area contributed by atoms with Crippen molar-refractivity contribution in [2.24, 2.45) is 0 Å². The molecule has 0 bridgehead atoms. The van der Waals surface area contributed by atoms with Gasteiger partial charge < -0.3 is 4.57 Å². The molecule has 0 aliphatic carbocycles. The van der Waals surface area contributed by atoms with Gasteiger partial charge in [0.05, 0.1) is 0 Å². The fourth-order valence-electron chi connectivity index (χ4n) is 0.788. The topological polar surface area (TPSA) is 4.93 Å². The lowest BCUT2D eigenvalue weighted by Crippen LogP contribution is -2.19. The van der Waals surface area contributed by atoms with Gasteiger partial charge in [-0.05, 0) is 26.8 Å². The first kappa shape index (κ1) is 7.32. The predicted molar refractivity (Wildman–Crippen MR) is 39.4 cm³/mol. The standard InChI is InChI=1S/C8H12FN/c1-8(2,3)10-5-4-7(9)6-10/h4-6H,1-3H3. The Morgan fingerprint density at radius 2 is 2.00 bits per heavy atom. The highest BCUT2D eigenvalue weighted by atomic mass is 19.1. The average Bonchev–Trinajstić information content (AvgIpc) is 2.11. The SMILES string of the molecule is CC(C)(C)n1ccc(F)c1. The van der Waals surface area contributed by atoms with E-state index in [4.69, 9.17) is 0 Å². The molecule has 2 heteroatoms. The molecule has 56 valence electrons. The number of hydrogen-bond donors (Lipinski definition) is 0. The second kappa shape index (κ2) is 2.11. The van der Waals surface area contributed by atoms with E-state index in [9.17, 15) is 4.39 Å². The van der Waals surface area contributed by atoms with E-state index < -0.39 is 0 Å². The van der Waals surface area contributed by atoms with Gasteiger partial charge in [-0.3, -0.25) is 0 Å². The van der Waals surface area contributed by atoms with Crippen LogP contribution in [-0.4, -0.2) is 4.57 Å². The molecule has 10 heavy (non-hydrogen) atoms. The van der Waals surface area contributed by atoms with E-state index in [2.05, 4.69) is 0 Å². The Morgan fingerprint density at radius 3 is 2.20 bits per heavy atom. The van der Waals surface area contributed by atoms with Crippen LogP contribution in [0.4, 0.5) is 4.39 Å². The van der Waals surface area contributed by atoms with E-state index >= 15 is 0 Å². The normalized spacial score (nSPS) is 12.0. The minimum Gasteiger partial charge on any atom is -0.346 e. The highest BCUT2D eigenvalue weighted by Gasteiger charge is 2.11. The van der Waals surface area contributed by atoms with E-state index in [0.717, 1.165) is 0 Å². The number of hydrogen-bond acceptors (Lipinski definition) is 0. The second-order valence-corrected chi connectivity index (χ2v) is 3.41. The van der Waals surface area contributed by atoms with Gasteiger partial charge in [-0.15, -0.1) is 0 Å². The lowest BCUT2D eigenvalue weighted by atomic mass is 10.1. The molecule has 0 unspecified atom stereocenters. The van der Waals surface area contributed by atoms with Gasteiger partial charge in [0.1, 0.15) is 5.82 Å². The molecule has 0 atom stereocenters. The molecule has 0 amide bonds. The van der Waals surface area contributed by atoms with Gasteiger partial charge in [-0.25, -0.2) is 4.39 Å². The maximum atomic E-state index is 12.4. The van der Waals surface area contributed by atoms with E-state index in [1.807, 2.05) is 25.3 Å². The summed E-state index contributed by atoms with van der Waals surface area (Å²) in [5.41, 5.74) is -0.00958. The number of nitrogens with zero attached hydrogens (tertiary/aromatic N) is 1. The first-order valence-electron chi connectivity index (χ1n) is 3.34. The third-order valence-corrected chi connectivity index (χ3v) is 1.43. The molecular weight excluding hydrogens is 129 g/mol. The Labute approximate surface area is 60.5 Å². The second-order valence-electron chi connectivity index (χ2n) is 3.41. The molecule has 0 saturated carbocycles. The largest absolute Gasteiger partial charge is 0.346 e.